The number of hydrogen-bond donors (Lipinski definition) is 4. The van der Waals surface area contributed by atoms with Crippen molar-refractivity contribution >= 4 is 11.8 Å². The van der Waals surface area contributed by atoms with Crippen LogP contribution >= 0.6 is 0 Å². The van der Waals surface area contributed by atoms with Crippen LogP contribution in [0.25, 0.3) is 0 Å². The highest BCUT2D eigenvalue weighted by molar-refractivity contribution is 5.95. The summed E-state index contributed by atoms with van der Waals surface area (Å²) in [7, 11) is 0. The van der Waals surface area contributed by atoms with E-state index < -0.39 is 5.91 Å². The molecular weight excluding hydrogens is 208 g/mol. The quantitative estimate of drug-likeness (QED) is 0.273. The first-order valence-electron chi connectivity index (χ1n) is 5.63. The highest BCUT2D eigenvalue weighted by Gasteiger charge is 2.03. The maximum absolute atomic E-state index is 11.0. The molecule has 2 amide bonds. The minimum atomic E-state index is -0.601. The van der Waals surface area contributed by atoms with E-state index in [0.29, 0.717) is 13.1 Å². The molecule has 6 heteroatoms. The zero-order valence-corrected chi connectivity index (χ0v) is 9.84. The van der Waals surface area contributed by atoms with Crippen LogP contribution in [0, 0.1) is 0 Å². The van der Waals surface area contributed by atoms with Crippen LogP contribution in [-0.2, 0) is 9.59 Å². The number of nitrogens with one attached hydrogen (secondary N) is 3. The summed E-state index contributed by atoms with van der Waals surface area (Å²) in [6.45, 7) is 6.20. The van der Waals surface area contributed by atoms with Crippen molar-refractivity contribution in [3.05, 3.63) is 0 Å². The van der Waals surface area contributed by atoms with Crippen molar-refractivity contribution in [2.75, 3.05) is 32.7 Å². The molecule has 5 N–H and O–H groups in total. The minimum Gasteiger partial charge on any atom is -0.369 e. The maximum atomic E-state index is 11.0. The highest BCUT2D eigenvalue weighted by atomic mass is 16.2. The van der Waals surface area contributed by atoms with Crippen molar-refractivity contribution in [3.8, 4) is 0 Å². The van der Waals surface area contributed by atoms with Crippen molar-refractivity contribution in [3.63, 3.8) is 0 Å². The molecule has 0 aromatic heterocycles. The van der Waals surface area contributed by atoms with E-state index >= 15 is 0 Å². The van der Waals surface area contributed by atoms with Crippen molar-refractivity contribution in [2.24, 2.45) is 5.73 Å². The van der Waals surface area contributed by atoms with Gasteiger partial charge < -0.3 is 21.7 Å². The number of nitrogens with two attached hydrogens (primary N) is 1. The van der Waals surface area contributed by atoms with Gasteiger partial charge in [0.15, 0.2) is 0 Å². The van der Waals surface area contributed by atoms with E-state index in [1.54, 1.807) is 0 Å². The summed E-state index contributed by atoms with van der Waals surface area (Å²) in [6.07, 6.45) is 0.823. The van der Waals surface area contributed by atoms with E-state index in [-0.39, 0.29) is 12.3 Å². The molecule has 0 heterocycles. The van der Waals surface area contributed by atoms with Crippen LogP contribution in [0.4, 0.5) is 0 Å². The monoisotopic (exact) mass is 230 g/mol. The molecule has 0 aliphatic rings. The van der Waals surface area contributed by atoms with Gasteiger partial charge in [-0.2, -0.15) is 0 Å². The van der Waals surface area contributed by atoms with Gasteiger partial charge in [0.1, 0.15) is 6.42 Å². The summed E-state index contributed by atoms with van der Waals surface area (Å²) >= 11 is 0. The molecule has 6 nitrogen and oxygen atoms in total. The summed E-state index contributed by atoms with van der Waals surface area (Å²) in [6, 6.07) is 0. The molecule has 0 aromatic carbocycles. The van der Waals surface area contributed by atoms with Crippen LogP contribution < -0.4 is 21.7 Å². The standard InChI is InChI=1S/C10H22N4O2/c1-2-12-4-3-5-13-6-7-14-10(16)8-9(11)15/h12-13H,2-8H2,1H3,(H2,11,15)(H,14,16). The van der Waals surface area contributed by atoms with Crippen LogP contribution in [0.3, 0.4) is 0 Å². The first-order chi connectivity index (χ1) is 7.66. The second kappa shape index (κ2) is 10.4. The van der Waals surface area contributed by atoms with Gasteiger partial charge in [0.2, 0.25) is 11.8 Å². The lowest BCUT2D eigenvalue weighted by Gasteiger charge is -2.06. The third-order valence-corrected chi connectivity index (χ3v) is 1.92. The van der Waals surface area contributed by atoms with Crippen molar-refractivity contribution in [2.45, 2.75) is 19.8 Å². The minimum absolute atomic E-state index is 0.236. The first kappa shape index (κ1) is 14.9. The molecule has 0 spiro atoms. The Bertz CT molecular complexity index is 209. The Morgan fingerprint density at radius 2 is 1.75 bits per heavy atom. The van der Waals surface area contributed by atoms with Crippen LogP contribution in [0.15, 0.2) is 0 Å². The first-order valence-corrected chi connectivity index (χ1v) is 5.63. The normalized spacial score (nSPS) is 10.1. The summed E-state index contributed by atoms with van der Waals surface area (Å²) in [4.78, 5) is 21.4. The van der Waals surface area contributed by atoms with Crippen LogP contribution in [0.1, 0.15) is 19.8 Å². The molecule has 0 saturated carbocycles. The smallest absolute Gasteiger partial charge is 0.229 e. The molecule has 0 fully saturated rings. The van der Waals surface area contributed by atoms with E-state index in [1.165, 1.54) is 0 Å². The van der Waals surface area contributed by atoms with Crippen LogP contribution in [-0.4, -0.2) is 44.5 Å². The Morgan fingerprint density at radius 1 is 1.06 bits per heavy atom. The van der Waals surface area contributed by atoms with E-state index in [9.17, 15) is 9.59 Å². The lowest BCUT2D eigenvalue weighted by molar-refractivity contribution is -0.127. The molecular formula is C10H22N4O2. The molecule has 0 aromatic rings. The van der Waals surface area contributed by atoms with E-state index in [2.05, 4.69) is 22.9 Å². The Morgan fingerprint density at radius 3 is 2.38 bits per heavy atom. The fraction of sp³-hybridized carbons (Fsp3) is 0.800. The van der Waals surface area contributed by atoms with Crippen molar-refractivity contribution < 1.29 is 9.59 Å². The zero-order chi connectivity index (χ0) is 12.2. The van der Waals surface area contributed by atoms with Crippen LogP contribution in [0.5, 0.6) is 0 Å². The molecule has 0 rings (SSSR count). The number of amides is 2. The summed E-state index contributed by atoms with van der Waals surface area (Å²) < 4.78 is 0. The zero-order valence-electron chi connectivity index (χ0n) is 9.84. The third kappa shape index (κ3) is 10.9. The van der Waals surface area contributed by atoms with Gasteiger partial charge in [-0.1, -0.05) is 6.92 Å². The summed E-state index contributed by atoms with van der Waals surface area (Å²) in [5.41, 5.74) is 4.87. The van der Waals surface area contributed by atoms with E-state index in [4.69, 9.17) is 5.73 Å². The number of carbonyl (C=O) groups is 2. The topological polar surface area (TPSA) is 96.2 Å². The molecule has 16 heavy (non-hydrogen) atoms. The van der Waals surface area contributed by atoms with Gasteiger partial charge in [0, 0.05) is 13.1 Å². The number of hydrogen-bond acceptors (Lipinski definition) is 4. The number of rotatable bonds is 10. The van der Waals surface area contributed by atoms with Gasteiger partial charge in [0.25, 0.3) is 0 Å². The third-order valence-electron chi connectivity index (χ3n) is 1.92. The Kier molecular flexibility index (Phi) is 9.64. The SMILES string of the molecule is CCNCCCNCCNC(=O)CC(N)=O. The molecule has 0 radical (unpaired) electrons. The summed E-state index contributed by atoms with van der Waals surface area (Å²) in [5.74, 6) is -0.918. The van der Waals surface area contributed by atoms with Gasteiger partial charge in [-0.05, 0) is 26.1 Å². The maximum Gasteiger partial charge on any atom is 0.229 e. The molecule has 0 unspecified atom stereocenters. The second-order valence-electron chi connectivity index (χ2n) is 3.45. The van der Waals surface area contributed by atoms with Gasteiger partial charge in [-0.15, -0.1) is 0 Å². The highest BCUT2D eigenvalue weighted by Crippen LogP contribution is 1.76. The molecule has 94 valence electrons. The lowest BCUT2D eigenvalue weighted by atomic mass is 10.4. The lowest BCUT2D eigenvalue weighted by Crippen LogP contribution is -2.34. The van der Waals surface area contributed by atoms with Gasteiger partial charge in [-0.25, -0.2) is 0 Å². The van der Waals surface area contributed by atoms with Gasteiger partial charge in [-0.3, -0.25) is 9.59 Å². The number of carbonyl (C=O) groups excluding carboxylic acids is 2. The molecule has 0 saturated heterocycles. The second-order valence-corrected chi connectivity index (χ2v) is 3.45. The largest absolute Gasteiger partial charge is 0.369 e. The van der Waals surface area contributed by atoms with Crippen LogP contribution in [0.2, 0.25) is 0 Å². The average molecular weight is 230 g/mol. The molecule has 0 atom stereocenters. The van der Waals surface area contributed by atoms with E-state index in [1.807, 2.05) is 0 Å². The predicted octanol–water partition coefficient (Wildman–Crippen LogP) is -1.43. The molecule has 0 aliphatic heterocycles. The fourth-order valence-electron chi connectivity index (χ4n) is 1.15. The Hall–Kier alpha value is -1.14. The predicted molar refractivity (Wildman–Crippen MR) is 62.9 cm³/mol. The Balaban J connectivity index is 3.14. The summed E-state index contributed by atoms with van der Waals surface area (Å²) in [5, 5.41) is 9.00. The van der Waals surface area contributed by atoms with Crippen molar-refractivity contribution in [1.29, 1.82) is 0 Å². The molecule has 0 bridgehead atoms. The van der Waals surface area contributed by atoms with Gasteiger partial charge in [0.05, 0.1) is 0 Å². The Labute approximate surface area is 96.3 Å². The van der Waals surface area contributed by atoms with E-state index in [0.717, 1.165) is 26.1 Å². The molecule has 0 aliphatic carbocycles. The van der Waals surface area contributed by atoms with Crippen molar-refractivity contribution in [1.82, 2.24) is 16.0 Å². The van der Waals surface area contributed by atoms with Gasteiger partial charge >= 0.3 is 0 Å². The fourth-order valence-corrected chi connectivity index (χ4v) is 1.15. The number of primary amides is 1. The average Bonchev–Trinajstić information content (AvgIpc) is 2.21.